The lowest BCUT2D eigenvalue weighted by Gasteiger charge is -2.20. The van der Waals surface area contributed by atoms with Gasteiger partial charge in [-0.15, -0.1) is 0 Å². The normalized spacial score (nSPS) is 12.6. The zero-order valence-corrected chi connectivity index (χ0v) is 17.3. The summed E-state index contributed by atoms with van der Waals surface area (Å²) in [5.41, 5.74) is 1.10. The molecule has 0 unspecified atom stereocenters. The first-order chi connectivity index (χ1) is 15.5. The molecule has 1 aromatic heterocycles. The molecule has 0 N–H and O–H groups in total. The van der Waals surface area contributed by atoms with Crippen molar-refractivity contribution < 1.29 is 28.3 Å². The first kappa shape index (κ1) is 21.0. The van der Waals surface area contributed by atoms with Crippen molar-refractivity contribution in [1.82, 2.24) is 4.90 Å². The van der Waals surface area contributed by atoms with Crippen LogP contribution in [0.25, 0.3) is 0 Å². The van der Waals surface area contributed by atoms with Crippen LogP contribution < -0.4 is 4.90 Å². The zero-order chi connectivity index (χ0) is 22.7. The molecule has 0 saturated carbocycles. The predicted octanol–water partition coefficient (Wildman–Crippen LogP) is 3.29. The van der Waals surface area contributed by atoms with Crippen molar-refractivity contribution in [2.24, 2.45) is 0 Å². The van der Waals surface area contributed by atoms with Crippen LogP contribution in [0.5, 0.6) is 0 Å². The number of rotatable bonds is 7. The number of nitrogens with zero attached hydrogens (tertiary/aromatic N) is 2. The van der Waals surface area contributed by atoms with E-state index in [2.05, 4.69) is 0 Å². The molecule has 4 rings (SSSR count). The standard InChI is InChI=1S/C24H20N2O6/c1-2-25(17-7-4-3-5-8-17)21(27)15-32-24(30)16-10-11-19-20(13-16)23(29)26(22(19)28)14-18-9-6-12-31-18/h3-13H,2,14-15H2,1H3. The van der Waals surface area contributed by atoms with Crippen molar-refractivity contribution in [3.63, 3.8) is 0 Å². The highest BCUT2D eigenvalue weighted by Gasteiger charge is 2.36. The van der Waals surface area contributed by atoms with E-state index in [1.165, 1.54) is 29.4 Å². The van der Waals surface area contributed by atoms with Gasteiger partial charge in [-0.05, 0) is 49.4 Å². The van der Waals surface area contributed by atoms with Gasteiger partial charge in [-0.2, -0.15) is 0 Å². The number of anilines is 1. The Hall–Kier alpha value is -4.20. The van der Waals surface area contributed by atoms with E-state index in [1.54, 1.807) is 24.3 Å². The monoisotopic (exact) mass is 432 g/mol. The highest BCUT2D eigenvalue weighted by Crippen LogP contribution is 2.26. The molecule has 1 aliphatic heterocycles. The second-order valence-electron chi connectivity index (χ2n) is 7.09. The zero-order valence-electron chi connectivity index (χ0n) is 17.3. The van der Waals surface area contributed by atoms with Gasteiger partial charge in [0.15, 0.2) is 6.61 Å². The SMILES string of the molecule is CCN(C(=O)COC(=O)c1ccc2c(c1)C(=O)N(Cc1ccco1)C2=O)c1ccccc1. The van der Waals surface area contributed by atoms with Crippen LogP contribution in [-0.2, 0) is 16.1 Å². The van der Waals surface area contributed by atoms with Crippen molar-refractivity contribution in [2.45, 2.75) is 13.5 Å². The van der Waals surface area contributed by atoms with Gasteiger partial charge in [0, 0.05) is 12.2 Å². The van der Waals surface area contributed by atoms with Crippen molar-refractivity contribution >= 4 is 29.4 Å². The second kappa shape index (κ2) is 8.89. The van der Waals surface area contributed by atoms with Gasteiger partial charge in [0.2, 0.25) is 0 Å². The van der Waals surface area contributed by atoms with E-state index in [0.717, 1.165) is 4.90 Å². The number of carbonyl (C=O) groups is 4. The van der Waals surface area contributed by atoms with E-state index in [-0.39, 0.29) is 29.1 Å². The third-order valence-corrected chi connectivity index (χ3v) is 5.11. The van der Waals surface area contributed by atoms with Gasteiger partial charge in [0.1, 0.15) is 5.76 Å². The molecule has 0 spiro atoms. The molecule has 0 aliphatic carbocycles. The summed E-state index contributed by atoms with van der Waals surface area (Å²) in [6.07, 6.45) is 1.46. The molecular weight excluding hydrogens is 412 g/mol. The molecule has 3 amide bonds. The summed E-state index contributed by atoms with van der Waals surface area (Å²) < 4.78 is 10.4. The number of imide groups is 1. The van der Waals surface area contributed by atoms with Crippen LogP contribution in [0.15, 0.2) is 71.3 Å². The van der Waals surface area contributed by atoms with Crippen LogP contribution in [0.2, 0.25) is 0 Å². The van der Waals surface area contributed by atoms with E-state index in [4.69, 9.17) is 9.15 Å². The molecular formula is C24H20N2O6. The summed E-state index contributed by atoms with van der Waals surface area (Å²) in [5.74, 6) is -1.64. The van der Waals surface area contributed by atoms with Crippen molar-refractivity contribution in [3.05, 3.63) is 89.4 Å². The molecule has 1 aliphatic rings. The van der Waals surface area contributed by atoms with Gasteiger partial charge < -0.3 is 14.1 Å². The summed E-state index contributed by atoms with van der Waals surface area (Å²) in [7, 11) is 0. The molecule has 8 nitrogen and oxygen atoms in total. The fourth-order valence-electron chi connectivity index (χ4n) is 3.52. The van der Waals surface area contributed by atoms with E-state index in [0.29, 0.717) is 18.0 Å². The molecule has 0 radical (unpaired) electrons. The summed E-state index contributed by atoms with van der Waals surface area (Å²) in [5, 5.41) is 0. The number of hydrogen-bond donors (Lipinski definition) is 0. The minimum Gasteiger partial charge on any atom is -0.467 e. The van der Waals surface area contributed by atoms with Crippen LogP contribution in [0.1, 0.15) is 43.8 Å². The van der Waals surface area contributed by atoms with Gasteiger partial charge in [0.05, 0.1) is 29.5 Å². The number of amides is 3. The smallest absolute Gasteiger partial charge is 0.338 e. The number of benzene rings is 2. The van der Waals surface area contributed by atoms with Crippen molar-refractivity contribution in [3.8, 4) is 0 Å². The van der Waals surface area contributed by atoms with E-state index in [9.17, 15) is 19.2 Å². The maximum Gasteiger partial charge on any atom is 0.338 e. The van der Waals surface area contributed by atoms with Gasteiger partial charge in [-0.25, -0.2) is 4.79 Å². The molecule has 0 saturated heterocycles. The van der Waals surface area contributed by atoms with E-state index >= 15 is 0 Å². The van der Waals surface area contributed by atoms with Crippen LogP contribution in [0.4, 0.5) is 5.69 Å². The Balaban J connectivity index is 1.44. The van der Waals surface area contributed by atoms with Gasteiger partial charge in [-0.1, -0.05) is 18.2 Å². The number of ether oxygens (including phenoxy) is 1. The van der Waals surface area contributed by atoms with Crippen molar-refractivity contribution in [1.29, 1.82) is 0 Å². The first-order valence-electron chi connectivity index (χ1n) is 10.0. The Morgan fingerprint density at radius 2 is 1.72 bits per heavy atom. The average molecular weight is 432 g/mol. The molecule has 0 atom stereocenters. The number of esters is 1. The second-order valence-corrected chi connectivity index (χ2v) is 7.09. The number of furan rings is 1. The molecule has 0 fully saturated rings. The Morgan fingerprint density at radius 3 is 2.41 bits per heavy atom. The summed E-state index contributed by atoms with van der Waals surface area (Å²) in [6, 6.07) is 16.5. The number of carbonyl (C=O) groups excluding carboxylic acids is 4. The minimum absolute atomic E-state index is 0.0000330. The van der Waals surface area contributed by atoms with Gasteiger partial charge >= 0.3 is 5.97 Å². The third-order valence-electron chi connectivity index (χ3n) is 5.11. The van der Waals surface area contributed by atoms with E-state index in [1.807, 2.05) is 25.1 Å². The van der Waals surface area contributed by atoms with Crippen molar-refractivity contribution in [2.75, 3.05) is 18.1 Å². The molecule has 2 heterocycles. The lowest BCUT2D eigenvalue weighted by molar-refractivity contribution is -0.121. The summed E-state index contributed by atoms with van der Waals surface area (Å²) in [4.78, 5) is 52.9. The number of hydrogen-bond acceptors (Lipinski definition) is 6. The van der Waals surface area contributed by atoms with Crippen LogP contribution in [0, 0.1) is 0 Å². The maximum atomic E-state index is 12.7. The lowest BCUT2D eigenvalue weighted by atomic mass is 10.1. The Bertz CT molecular complexity index is 1170. The molecule has 0 bridgehead atoms. The predicted molar refractivity (Wildman–Crippen MR) is 114 cm³/mol. The molecule has 3 aromatic rings. The van der Waals surface area contributed by atoms with Gasteiger partial charge in [0.25, 0.3) is 17.7 Å². The Morgan fingerprint density at radius 1 is 0.969 bits per heavy atom. The number of likely N-dealkylation sites (N-methyl/N-ethyl adjacent to an activating group) is 1. The fourth-order valence-corrected chi connectivity index (χ4v) is 3.52. The summed E-state index contributed by atoms with van der Waals surface area (Å²) >= 11 is 0. The van der Waals surface area contributed by atoms with Crippen LogP contribution in [0.3, 0.4) is 0 Å². The van der Waals surface area contributed by atoms with Gasteiger partial charge in [-0.3, -0.25) is 19.3 Å². The largest absolute Gasteiger partial charge is 0.467 e. The molecule has 2 aromatic carbocycles. The quantitative estimate of drug-likeness (QED) is 0.420. The highest BCUT2D eigenvalue weighted by molar-refractivity contribution is 6.21. The lowest BCUT2D eigenvalue weighted by Crippen LogP contribution is -2.34. The van der Waals surface area contributed by atoms with Crippen LogP contribution in [-0.4, -0.2) is 41.7 Å². The Labute approximate surface area is 184 Å². The maximum absolute atomic E-state index is 12.7. The van der Waals surface area contributed by atoms with Crippen LogP contribution >= 0.6 is 0 Å². The summed E-state index contributed by atoms with van der Waals surface area (Å²) in [6.45, 7) is 1.79. The number of fused-ring (bicyclic) bond motifs is 1. The van der Waals surface area contributed by atoms with E-state index < -0.39 is 24.4 Å². The molecule has 32 heavy (non-hydrogen) atoms. The molecule has 162 valence electrons. The fraction of sp³-hybridized carbons (Fsp3) is 0.167. The first-order valence-corrected chi connectivity index (χ1v) is 10.0. The Kier molecular flexibility index (Phi) is 5.85. The topological polar surface area (TPSA) is 97.1 Å². The number of para-hydroxylation sites is 1. The molecule has 8 heteroatoms. The minimum atomic E-state index is -0.755. The highest BCUT2D eigenvalue weighted by atomic mass is 16.5. The average Bonchev–Trinajstić information content (AvgIpc) is 3.41. The third kappa shape index (κ3) is 4.02.